The zero-order valence-corrected chi connectivity index (χ0v) is 14.5. The second-order valence-corrected chi connectivity index (χ2v) is 8.38. The number of rotatable bonds is 6. The third kappa shape index (κ3) is 5.70. The second-order valence-electron chi connectivity index (χ2n) is 6.45. The van der Waals surface area contributed by atoms with Gasteiger partial charge in [-0.15, -0.1) is 0 Å². The summed E-state index contributed by atoms with van der Waals surface area (Å²) in [7, 11) is -3.40. The van der Waals surface area contributed by atoms with Crippen molar-refractivity contribution in [3.63, 3.8) is 0 Å². The van der Waals surface area contributed by atoms with Crippen LogP contribution >= 0.6 is 0 Å². The van der Waals surface area contributed by atoms with Gasteiger partial charge in [0, 0.05) is 26.2 Å². The molecule has 0 spiro atoms. The predicted octanol–water partition coefficient (Wildman–Crippen LogP) is 1.31. The standard InChI is InChI=1S/C15H28N2O5S/c18-15(19)13-22-12-14-7-6-10-17(11-14)23(20,21)16-8-4-2-1-3-5-9-16/h14H,1-13H2,(H,18,19). The van der Waals surface area contributed by atoms with Crippen LogP contribution in [0.4, 0.5) is 0 Å². The van der Waals surface area contributed by atoms with Crippen molar-refractivity contribution < 1.29 is 23.1 Å². The Morgan fingerprint density at radius 3 is 2.26 bits per heavy atom. The minimum Gasteiger partial charge on any atom is -0.480 e. The number of nitrogens with zero attached hydrogens (tertiary/aromatic N) is 2. The average Bonchev–Trinajstić information content (AvgIpc) is 2.46. The van der Waals surface area contributed by atoms with Crippen LogP contribution in [0.15, 0.2) is 0 Å². The predicted molar refractivity (Wildman–Crippen MR) is 86.3 cm³/mol. The van der Waals surface area contributed by atoms with Crippen LogP contribution in [0, 0.1) is 5.92 Å². The van der Waals surface area contributed by atoms with E-state index in [1.165, 1.54) is 6.42 Å². The van der Waals surface area contributed by atoms with Gasteiger partial charge in [0.1, 0.15) is 6.61 Å². The Balaban J connectivity index is 1.91. The lowest BCUT2D eigenvalue weighted by Gasteiger charge is -2.36. The van der Waals surface area contributed by atoms with Gasteiger partial charge >= 0.3 is 5.97 Å². The quantitative estimate of drug-likeness (QED) is 0.782. The van der Waals surface area contributed by atoms with Crippen molar-refractivity contribution in [1.82, 2.24) is 8.61 Å². The molecule has 1 unspecified atom stereocenters. The van der Waals surface area contributed by atoms with E-state index < -0.39 is 16.2 Å². The molecule has 2 heterocycles. The normalized spacial score (nSPS) is 25.7. The number of hydrogen-bond donors (Lipinski definition) is 1. The topological polar surface area (TPSA) is 87.1 Å². The molecule has 7 nitrogen and oxygen atoms in total. The smallest absolute Gasteiger partial charge is 0.329 e. The van der Waals surface area contributed by atoms with E-state index in [1.54, 1.807) is 8.61 Å². The van der Waals surface area contributed by atoms with Gasteiger partial charge in [0.2, 0.25) is 0 Å². The van der Waals surface area contributed by atoms with Crippen molar-refractivity contribution >= 4 is 16.2 Å². The van der Waals surface area contributed by atoms with Crippen LogP contribution in [0.3, 0.4) is 0 Å². The number of piperidine rings is 1. The molecule has 2 fully saturated rings. The molecule has 0 aromatic heterocycles. The number of carboxylic acids is 1. The van der Waals surface area contributed by atoms with Crippen LogP contribution < -0.4 is 0 Å². The molecular weight excluding hydrogens is 320 g/mol. The number of hydrogen-bond acceptors (Lipinski definition) is 4. The highest BCUT2D eigenvalue weighted by Crippen LogP contribution is 2.23. The summed E-state index contributed by atoms with van der Waals surface area (Å²) in [5.41, 5.74) is 0. The molecular formula is C15H28N2O5S. The van der Waals surface area contributed by atoms with E-state index in [1.807, 2.05) is 0 Å². The van der Waals surface area contributed by atoms with Crippen LogP contribution in [0.2, 0.25) is 0 Å². The molecule has 0 aromatic rings. The Labute approximate surface area is 138 Å². The summed E-state index contributed by atoms with van der Waals surface area (Å²) in [6.07, 6.45) is 6.92. The van der Waals surface area contributed by atoms with Crippen LogP contribution in [0.5, 0.6) is 0 Å². The van der Waals surface area contributed by atoms with E-state index in [-0.39, 0.29) is 12.5 Å². The highest BCUT2D eigenvalue weighted by molar-refractivity contribution is 7.86. The maximum Gasteiger partial charge on any atom is 0.329 e. The first-order valence-electron chi connectivity index (χ1n) is 8.55. The fourth-order valence-electron chi connectivity index (χ4n) is 3.30. The van der Waals surface area contributed by atoms with E-state index in [0.29, 0.717) is 32.8 Å². The number of carboxylic acid groups (broad SMARTS) is 1. The molecule has 1 atom stereocenters. The molecule has 23 heavy (non-hydrogen) atoms. The van der Waals surface area contributed by atoms with Crippen molar-refractivity contribution in [1.29, 1.82) is 0 Å². The molecule has 1 N–H and O–H groups in total. The van der Waals surface area contributed by atoms with E-state index in [0.717, 1.165) is 38.5 Å². The lowest BCUT2D eigenvalue weighted by molar-refractivity contribution is -0.142. The maximum atomic E-state index is 12.9. The van der Waals surface area contributed by atoms with Crippen molar-refractivity contribution in [2.24, 2.45) is 5.92 Å². The Kier molecular flexibility index (Phi) is 7.26. The molecule has 0 radical (unpaired) electrons. The monoisotopic (exact) mass is 348 g/mol. The van der Waals surface area contributed by atoms with Gasteiger partial charge in [-0.2, -0.15) is 17.0 Å². The highest BCUT2D eigenvalue weighted by Gasteiger charge is 2.33. The van der Waals surface area contributed by atoms with Crippen LogP contribution in [0.25, 0.3) is 0 Å². The summed E-state index contributed by atoms with van der Waals surface area (Å²) in [5, 5.41) is 8.61. The number of aliphatic carboxylic acids is 1. The van der Waals surface area contributed by atoms with E-state index >= 15 is 0 Å². The summed E-state index contributed by atoms with van der Waals surface area (Å²) >= 11 is 0. The SMILES string of the molecule is O=C(O)COCC1CCCN(S(=O)(=O)N2CCCCCCC2)C1. The van der Waals surface area contributed by atoms with Gasteiger partial charge < -0.3 is 9.84 Å². The third-order valence-corrected chi connectivity index (χ3v) is 6.53. The second kappa shape index (κ2) is 8.96. The average molecular weight is 348 g/mol. The molecule has 2 saturated heterocycles. The maximum absolute atomic E-state index is 12.9. The van der Waals surface area contributed by atoms with Crippen molar-refractivity contribution in [2.75, 3.05) is 39.4 Å². The Morgan fingerprint density at radius 2 is 1.61 bits per heavy atom. The van der Waals surface area contributed by atoms with Gasteiger partial charge in [0.25, 0.3) is 10.2 Å². The van der Waals surface area contributed by atoms with Crippen LogP contribution in [0.1, 0.15) is 44.9 Å². The zero-order chi connectivity index (χ0) is 16.7. The molecule has 2 aliphatic heterocycles. The molecule has 2 aliphatic rings. The third-order valence-electron chi connectivity index (χ3n) is 4.53. The Hall–Kier alpha value is -0.700. The Bertz CT molecular complexity index is 474. The summed E-state index contributed by atoms with van der Waals surface area (Å²) in [5.74, 6) is -0.918. The molecule has 0 bridgehead atoms. The van der Waals surface area contributed by atoms with Crippen molar-refractivity contribution in [2.45, 2.75) is 44.9 Å². The van der Waals surface area contributed by atoms with Gasteiger partial charge in [0.15, 0.2) is 0 Å². The van der Waals surface area contributed by atoms with E-state index in [9.17, 15) is 13.2 Å². The van der Waals surface area contributed by atoms with E-state index in [4.69, 9.17) is 9.84 Å². The minimum atomic E-state index is -3.40. The molecule has 2 rings (SSSR count). The fraction of sp³-hybridized carbons (Fsp3) is 0.933. The van der Waals surface area contributed by atoms with Gasteiger partial charge in [-0.05, 0) is 31.6 Å². The molecule has 0 aliphatic carbocycles. The van der Waals surface area contributed by atoms with Crippen LogP contribution in [-0.4, -0.2) is 67.5 Å². The fourth-order valence-corrected chi connectivity index (χ4v) is 5.10. The van der Waals surface area contributed by atoms with Gasteiger partial charge in [0.05, 0.1) is 6.61 Å². The van der Waals surface area contributed by atoms with Gasteiger partial charge in [-0.25, -0.2) is 4.79 Å². The number of ether oxygens (including phenoxy) is 1. The van der Waals surface area contributed by atoms with Crippen molar-refractivity contribution in [3.8, 4) is 0 Å². The molecule has 0 amide bonds. The molecule has 0 saturated carbocycles. The largest absolute Gasteiger partial charge is 0.480 e. The first-order chi connectivity index (χ1) is 11.0. The van der Waals surface area contributed by atoms with Gasteiger partial charge in [-0.1, -0.05) is 19.3 Å². The summed E-state index contributed by atoms with van der Waals surface area (Å²) in [4.78, 5) is 10.5. The first kappa shape index (κ1) is 18.6. The summed E-state index contributed by atoms with van der Waals surface area (Å²) in [6, 6.07) is 0. The molecule has 0 aromatic carbocycles. The van der Waals surface area contributed by atoms with Crippen molar-refractivity contribution in [3.05, 3.63) is 0 Å². The summed E-state index contributed by atoms with van der Waals surface area (Å²) in [6.45, 7) is 2.18. The summed E-state index contributed by atoms with van der Waals surface area (Å²) < 4.78 is 34.0. The number of carbonyl (C=O) groups is 1. The van der Waals surface area contributed by atoms with E-state index in [2.05, 4.69) is 0 Å². The molecule has 8 heteroatoms. The Morgan fingerprint density at radius 1 is 1.00 bits per heavy atom. The first-order valence-corrected chi connectivity index (χ1v) is 9.94. The van der Waals surface area contributed by atoms with Gasteiger partial charge in [-0.3, -0.25) is 0 Å². The zero-order valence-electron chi connectivity index (χ0n) is 13.7. The highest BCUT2D eigenvalue weighted by atomic mass is 32.2. The molecule has 134 valence electrons. The lowest BCUT2D eigenvalue weighted by atomic mass is 10.0. The van der Waals surface area contributed by atoms with Crippen LogP contribution in [-0.2, 0) is 19.7 Å². The lowest BCUT2D eigenvalue weighted by Crippen LogP contribution is -2.49. The minimum absolute atomic E-state index is 0.0765.